The molecular weight excluding hydrogens is 408 g/mol. The summed E-state index contributed by atoms with van der Waals surface area (Å²) in [5, 5.41) is 0. The molecule has 0 atom stereocenters. The second kappa shape index (κ2) is 14.5. The van der Waals surface area contributed by atoms with E-state index in [9.17, 15) is 0 Å². The average molecular weight is 453 g/mol. The third-order valence-electron chi connectivity index (χ3n) is 6.55. The van der Waals surface area contributed by atoms with E-state index in [0.717, 1.165) is 11.4 Å². The maximum Gasteiger partial charge on any atom is 0.194 e. The Hall–Kier alpha value is -1.61. The molecule has 2 nitrogen and oxygen atoms in total. The first-order chi connectivity index (χ1) is 15.8. The summed E-state index contributed by atoms with van der Waals surface area (Å²) in [4.78, 5) is 7.33. The van der Waals surface area contributed by atoms with Crippen molar-refractivity contribution in [2.45, 2.75) is 117 Å². The van der Waals surface area contributed by atoms with Gasteiger partial charge >= 0.3 is 0 Å². The van der Waals surface area contributed by atoms with Crippen molar-refractivity contribution in [2.75, 3.05) is 0 Å². The predicted molar refractivity (Wildman–Crippen MR) is 142 cm³/mol. The predicted octanol–water partition coefficient (Wildman–Crippen LogP) is 9.65. The first-order valence-corrected chi connectivity index (χ1v) is 14.2. The lowest BCUT2D eigenvalue weighted by Gasteiger charge is -2.03. The number of aryl methyl sites for hydroxylation is 2. The van der Waals surface area contributed by atoms with E-state index < -0.39 is 0 Å². The van der Waals surface area contributed by atoms with Crippen LogP contribution in [0.15, 0.2) is 36.7 Å². The zero-order valence-electron chi connectivity index (χ0n) is 20.6. The zero-order valence-corrected chi connectivity index (χ0v) is 21.4. The van der Waals surface area contributed by atoms with Gasteiger partial charge in [0.05, 0.1) is 10.6 Å². The van der Waals surface area contributed by atoms with Gasteiger partial charge in [0.25, 0.3) is 0 Å². The fourth-order valence-electron chi connectivity index (χ4n) is 4.48. The smallest absolute Gasteiger partial charge is 0.194 e. The van der Waals surface area contributed by atoms with Crippen LogP contribution in [-0.4, -0.2) is 9.38 Å². The number of benzene rings is 1. The highest BCUT2D eigenvalue weighted by Crippen LogP contribution is 2.29. The molecule has 0 spiro atoms. The summed E-state index contributed by atoms with van der Waals surface area (Å²) < 4.78 is 2.23. The van der Waals surface area contributed by atoms with E-state index in [1.807, 2.05) is 11.3 Å². The highest BCUT2D eigenvalue weighted by atomic mass is 32.1. The molecule has 2 heterocycles. The van der Waals surface area contributed by atoms with Crippen molar-refractivity contribution in [2.24, 2.45) is 0 Å². The van der Waals surface area contributed by atoms with E-state index in [2.05, 4.69) is 54.9 Å². The second-order valence-electron chi connectivity index (χ2n) is 9.46. The number of thiazole rings is 1. The summed E-state index contributed by atoms with van der Waals surface area (Å²) in [5.74, 6) is 0. The number of nitrogens with zero attached hydrogens (tertiary/aromatic N) is 2. The maximum atomic E-state index is 4.89. The number of rotatable bonds is 17. The average Bonchev–Trinajstić information content (AvgIpc) is 3.37. The van der Waals surface area contributed by atoms with Crippen molar-refractivity contribution in [3.05, 3.63) is 47.9 Å². The Morgan fingerprint density at radius 3 is 1.81 bits per heavy atom. The van der Waals surface area contributed by atoms with Gasteiger partial charge in [-0.2, -0.15) is 0 Å². The first kappa shape index (κ1) is 25.0. The van der Waals surface area contributed by atoms with E-state index in [1.165, 1.54) is 118 Å². The number of imidazole rings is 1. The molecule has 0 aliphatic rings. The van der Waals surface area contributed by atoms with Gasteiger partial charge in [0.15, 0.2) is 4.96 Å². The maximum absolute atomic E-state index is 4.89. The van der Waals surface area contributed by atoms with E-state index in [0.29, 0.717) is 0 Å². The molecule has 0 N–H and O–H groups in total. The van der Waals surface area contributed by atoms with Crippen LogP contribution in [0.1, 0.15) is 115 Å². The minimum atomic E-state index is 1.12. The first-order valence-electron chi connectivity index (χ1n) is 13.4. The van der Waals surface area contributed by atoms with Gasteiger partial charge < -0.3 is 0 Å². The largest absolute Gasteiger partial charge is 0.297 e. The summed E-state index contributed by atoms with van der Waals surface area (Å²) in [5.41, 5.74) is 4.04. The molecule has 0 aliphatic heterocycles. The van der Waals surface area contributed by atoms with Gasteiger partial charge in [0.2, 0.25) is 0 Å². The third-order valence-corrected chi connectivity index (χ3v) is 7.60. The monoisotopic (exact) mass is 452 g/mol. The molecule has 0 unspecified atom stereocenters. The van der Waals surface area contributed by atoms with Crippen LogP contribution >= 0.6 is 11.3 Å². The SMILES string of the molecule is CCCCCCCCCCc1cn2cc(-c3ccc(CCCCCCCC)cc3)sc2n1. The number of fused-ring (bicyclic) bond motifs is 1. The van der Waals surface area contributed by atoms with Crippen LogP contribution in [0, 0.1) is 0 Å². The Morgan fingerprint density at radius 2 is 1.22 bits per heavy atom. The summed E-state index contributed by atoms with van der Waals surface area (Å²) in [6.07, 6.45) is 26.0. The summed E-state index contributed by atoms with van der Waals surface area (Å²) in [6, 6.07) is 9.22. The Kier molecular flexibility index (Phi) is 11.4. The molecule has 0 saturated heterocycles. The van der Waals surface area contributed by atoms with Crippen LogP contribution in [0.2, 0.25) is 0 Å². The van der Waals surface area contributed by atoms with Crippen LogP contribution in [0.4, 0.5) is 0 Å². The fraction of sp³-hybridized carbons (Fsp3) is 0.621. The molecule has 3 rings (SSSR count). The summed E-state index contributed by atoms with van der Waals surface area (Å²) >= 11 is 1.81. The van der Waals surface area contributed by atoms with Crippen molar-refractivity contribution in [3.63, 3.8) is 0 Å². The second-order valence-corrected chi connectivity index (χ2v) is 10.5. The highest BCUT2D eigenvalue weighted by molar-refractivity contribution is 7.20. The molecule has 0 fully saturated rings. The minimum Gasteiger partial charge on any atom is -0.297 e. The van der Waals surface area contributed by atoms with Crippen LogP contribution < -0.4 is 0 Å². The van der Waals surface area contributed by atoms with Crippen molar-refractivity contribution >= 4 is 16.3 Å². The quantitative estimate of drug-likeness (QED) is 0.186. The minimum absolute atomic E-state index is 1.12. The Bertz CT molecular complexity index is 843. The third kappa shape index (κ3) is 8.39. The van der Waals surface area contributed by atoms with Gasteiger partial charge in [-0.15, -0.1) is 0 Å². The normalized spacial score (nSPS) is 11.6. The molecule has 0 amide bonds. The number of aromatic nitrogens is 2. The molecule has 0 bridgehead atoms. The van der Waals surface area contributed by atoms with E-state index in [1.54, 1.807) is 0 Å². The van der Waals surface area contributed by atoms with Gasteiger partial charge in [-0.3, -0.25) is 4.40 Å². The number of unbranched alkanes of at least 4 members (excludes halogenated alkanes) is 12. The Balaban J connectivity index is 1.40. The van der Waals surface area contributed by atoms with Crippen molar-refractivity contribution in [1.82, 2.24) is 9.38 Å². The number of hydrogen-bond donors (Lipinski definition) is 0. The summed E-state index contributed by atoms with van der Waals surface area (Å²) in [7, 11) is 0. The standard InChI is InChI=1S/C29H44N2S/c1-3-5-7-9-11-12-14-16-18-27-23-31-24-28(32-29(31)30-27)26-21-19-25(20-22-26)17-15-13-10-8-6-4-2/h19-24H,3-18H2,1-2H3. The van der Waals surface area contributed by atoms with Crippen LogP contribution in [-0.2, 0) is 12.8 Å². The van der Waals surface area contributed by atoms with E-state index >= 15 is 0 Å². The van der Waals surface area contributed by atoms with Crippen molar-refractivity contribution < 1.29 is 0 Å². The van der Waals surface area contributed by atoms with Crippen LogP contribution in [0.25, 0.3) is 15.4 Å². The zero-order chi connectivity index (χ0) is 22.4. The molecule has 176 valence electrons. The molecule has 0 saturated carbocycles. The summed E-state index contributed by atoms with van der Waals surface area (Å²) in [6.45, 7) is 4.57. The fourth-order valence-corrected chi connectivity index (χ4v) is 5.47. The molecule has 1 aromatic carbocycles. The van der Waals surface area contributed by atoms with Crippen LogP contribution in [0.3, 0.4) is 0 Å². The molecular formula is C29H44N2S. The van der Waals surface area contributed by atoms with Gasteiger partial charge in [0.1, 0.15) is 0 Å². The molecule has 0 radical (unpaired) electrons. The Morgan fingerprint density at radius 1 is 0.656 bits per heavy atom. The molecule has 3 aromatic rings. The molecule has 2 aromatic heterocycles. The van der Waals surface area contributed by atoms with Crippen molar-refractivity contribution in [3.8, 4) is 10.4 Å². The Labute approximate surface area is 200 Å². The topological polar surface area (TPSA) is 17.3 Å². The lowest BCUT2D eigenvalue weighted by molar-refractivity contribution is 0.574. The van der Waals surface area contributed by atoms with Gasteiger partial charge in [-0.25, -0.2) is 4.98 Å². The van der Waals surface area contributed by atoms with Crippen LogP contribution in [0.5, 0.6) is 0 Å². The van der Waals surface area contributed by atoms with E-state index in [-0.39, 0.29) is 0 Å². The van der Waals surface area contributed by atoms with Crippen molar-refractivity contribution in [1.29, 1.82) is 0 Å². The lowest BCUT2D eigenvalue weighted by atomic mass is 10.0. The van der Waals surface area contributed by atoms with Gasteiger partial charge in [0, 0.05) is 12.4 Å². The molecule has 32 heavy (non-hydrogen) atoms. The molecule has 3 heteroatoms. The highest BCUT2D eigenvalue weighted by Gasteiger charge is 2.08. The van der Waals surface area contributed by atoms with Gasteiger partial charge in [-0.1, -0.05) is 126 Å². The molecule has 0 aliphatic carbocycles. The lowest BCUT2D eigenvalue weighted by Crippen LogP contribution is -1.87. The number of hydrogen-bond acceptors (Lipinski definition) is 2. The van der Waals surface area contributed by atoms with Gasteiger partial charge in [-0.05, 0) is 36.8 Å². The van der Waals surface area contributed by atoms with E-state index in [4.69, 9.17) is 4.98 Å².